The number of aliphatic hydroxyl groups is 3. The van der Waals surface area contributed by atoms with Gasteiger partial charge >= 0.3 is 5.97 Å². The molecule has 0 heterocycles. The van der Waals surface area contributed by atoms with Gasteiger partial charge in [0.1, 0.15) is 6.10 Å². The van der Waals surface area contributed by atoms with Crippen molar-refractivity contribution in [3.63, 3.8) is 0 Å². The fourth-order valence-corrected chi connectivity index (χ4v) is 10.3. The Morgan fingerprint density at radius 2 is 1.60 bits per heavy atom. The van der Waals surface area contributed by atoms with Crippen molar-refractivity contribution in [1.29, 1.82) is 0 Å². The number of carbonyl (C=O) groups is 2. The third-order valence-electron chi connectivity index (χ3n) is 12.4. The van der Waals surface area contributed by atoms with Crippen molar-refractivity contribution in [2.75, 3.05) is 0 Å². The van der Waals surface area contributed by atoms with Crippen molar-refractivity contribution < 1.29 is 30.0 Å². The van der Waals surface area contributed by atoms with Gasteiger partial charge in [0.25, 0.3) is 0 Å². The molecule has 0 radical (unpaired) electrons. The van der Waals surface area contributed by atoms with Crippen molar-refractivity contribution >= 4 is 11.8 Å². The molecular formula is C29H44O6. The fraction of sp³-hybridized carbons (Fsp3) is 0.862. The van der Waals surface area contributed by atoms with E-state index < -0.39 is 45.9 Å². The maximum atomic E-state index is 14.1. The van der Waals surface area contributed by atoms with E-state index in [0.29, 0.717) is 19.3 Å². The van der Waals surface area contributed by atoms with Crippen LogP contribution in [0.3, 0.4) is 0 Å². The average Bonchev–Trinajstić information content (AvgIpc) is 2.76. The highest BCUT2D eigenvalue weighted by molar-refractivity contribution is 5.94. The van der Waals surface area contributed by atoms with Gasteiger partial charge in [-0.15, -0.1) is 0 Å². The van der Waals surface area contributed by atoms with Gasteiger partial charge < -0.3 is 20.4 Å². The lowest BCUT2D eigenvalue weighted by atomic mass is 9.34. The van der Waals surface area contributed by atoms with Crippen LogP contribution in [-0.4, -0.2) is 50.5 Å². The first kappa shape index (κ1) is 25.4. The highest BCUT2D eigenvalue weighted by Gasteiger charge is 2.72. The summed E-state index contributed by atoms with van der Waals surface area (Å²) in [4.78, 5) is 26.6. The number of rotatable bonds is 1. The molecule has 0 saturated heterocycles. The largest absolute Gasteiger partial charge is 0.481 e. The number of ketones is 1. The second-order valence-electron chi connectivity index (χ2n) is 14.4. The average molecular weight is 489 g/mol. The van der Waals surface area contributed by atoms with Crippen LogP contribution >= 0.6 is 0 Å². The highest BCUT2D eigenvalue weighted by Crippen LogP contribution is 2.73. The second kappa shape index (κ2) is 7.41. The summed E-state index contributed by atoms with van der Waals surface area (Å²) >= 11 is 0. The van der Waals surface area contributed by atoms with E-state index in [2.05, 4.69) is 33.8 Å². The lowest BCUT2D eigenvalue weighted by Gasteiger charge is -2.70. The molecule has 5 rings (SSSR count). The molecule has 5 aliphatic carbocycles. The summed E-state index contributed by atoms with van der Waals surface area (Å²) in [5, 5.41) is 43.3. The summed E-state index contributed by atoms with van der Waals surface area (Å²) in [6.45, 7) is 12.5. The molecule has 5 aliphatic rings. The normalized spacial score (nSPS) is 55.1. The number of aliphatic carboxylic acids is 1. The first-order valence-electron chi connectivity index (χ1n) is 13.6. The van der Waals surface area contributed by atoms with E-state index in [4.69, 9.17) is 0 Å². The minimum Gasteiger partial charge on any atom is -0.481 e. The maximum Gasteiger partial charge on any atom is 0.312 e. The van der Waals surface area contributed by atoms with Crippen LogP contribution in [0.1, 0.15) is 86.5 Å². The van der Waals surface area contributed by atoms with E-state index in [9.17, 15) is 30.0 Å². The van der Waals surface area contributed by atoms with Gasteiger partial charge in [-0.2, -0.15) is 0 Å². The van der Waals surface area contributed by atoms with E-state index in [1.165, 1.54) is 5.57 Å². The molecule has 35 heavy (non-hydrogen) atoms. The second-order valence-corrected chi connectivity index (χ2v) is 14.4. The molecule has 0 bridgehead atoms. The summed E-state index contributed by atoms with van der Waals surface area (Å²) in [7, 11) is 0. The lowest BCUT2D eigenvalue weighted by molar-refractivity contribution is -0.238. The van der Waals surface area contributed by atoms with Crippen LogP contribution in [0, 0.1) is 50.7 Å². The molecule has 196 valence electrons. The van der Waals surface area contributed by atoms with Crippen molar-refractivity contribution in [1.82, 2.24) is 0 Å². The summed E-state index contributed by atoms with van der Waals surface area (Å²) in [6, 6.07) is 0. The number of carboxylic acid groups (broad SMARTS) is 1. The number of hydrogen-bond acceptors (Lipinski definition) is 5. The van der Waals surface area contributed by atoms with Gasteiger partial charge in [0.05, 0.1) is 23.0 Å². The van der Waals surface area contributed by atoms with Crippen LogP contribution in [-0.2, 0) is 9.59 Å². The minimum absolute atomic E-state index is 0.0242. The van der Waals surface area contributed by atoms with Crippen LogP contribution in [0.2, 0.25) is 0 Å². The third kappa shape index (κ3) is 2.94. The molecule has 4 fully saturated rings. The highest BCUT2D eigenvalue weighted by atomic mass is 16.4. The Bertz CT molecular complexity index is 986. The number of aliphatic hydroxyl groups excluding tert-OH is 3. The first-order valence-corrected chi connectivity index (χ1v) is 13.6. The van der Waals surface area contributed by atoms with Crippen molar-refractivity contribution in [3.8, 4) is 0 Å². The Kier molecular flexibility index (Phi) is 5.38. The predicted octanol–water partition coefficient (Wildman–Crippen LogP) is 3.96. The third-order valence-corrected chi connectivity index (χ3v) is 12.4. The van der Waals surface area contributed by atoms with Gasteiger partial charge in [-0.25, -0.2) is 0 Å². The molecule has 11 atom stereocenters. The standard InChI is InChI=1S/C29H44O6/c1-25(2)11-9-15-16(13-25)17-7-8-19-26(3)14-18(30)22(32)28(5,24(34)35)20(26)10-12-27(19,4)29(17,6)23(33)21(15)31/h7,15-16,18-22,30-32H,8-14H2,1-6H3,(H,34,35)/t15-,16+,18-,19+,20+,21+,22-,26+,27+,28-,29-/m0/s1. The Balaban J connectivity index is 1.64. The summed E-state index contributed by atoms with van der Waals surface area (Å²) in [6.07, 6.45) is 3.96. The monoisotopic (exact) mass is 488 g/mol. The molecule has 0 aromatic heterocycles. The first-order chi connectivity index (χ1) is 16.1. The molecule has 0 spiro atoms. The fourth-order valence-electron chi connectivity index (χ4n) is 10.3. The van der Waals surface area contributed by atoms with E-state index in [0.717, 1.165) is 25.7 Å². The maximum absolute atomic E-state index is 14.1. The number of fused-ring (bicyclic) bond motifs is 7. The number of allylic oxidation sites excluding steroid dienone is 2. The van der Waals surface area contributed by atoms with Crippen LogP contribution in [0.25, 0.3) is 0 Å². The number of Topliss-reactive ketones (excluding diaryl/α,β-unsaturated/α-hetero) is 1. The zero-order valence-corrected chi connectivity index (χ0v) is 22.2. The Hall–Kier alpha value is -1.24. The smallest absolute Gasteiger partial charge is 0.312 e. The molecule has 0 amide bonds. The SMILES string of the molecule is CC1(C)CC[C@@H]2[C@@H](O)C(=O)[C@]3(C)C(=CC[C@@H]4[C@@]5(C)C[C@H](O)[C@H](O)[C@@](C)(C(=O)O)[C@@H]5CC[C@]43C)[C@@H]2C1. The lowest BCUT2D eigenvalue weighted by Crippen LogP contribution is -2.70. The number of hydrogen-bond donors (Lipinski definition) is 4. The zero-order valence-electron chi connectivity index (χ0n) is 22.2. The summed E-state index contributed by atoms with van der Waals surface area (Å²) in [5.41, 5.74) is -1.93. The molecule has 0 aromatic carbocycles. The van der Waals surface area contributed by atoms with Gasteiger partial charge in [0.15, 0.2) is 5.78 Å². The van der Waals surface area contributed by atoms with Gasteiger partial charge in [-0.05, 0) is 98.7 Å². The van der Waals surface area contributed by atoms with Crippen LogP contribution in [0.5, 0.6) is 0 Å². The molecule has 0 aromatic rings. The van der Waals surface area contributed by atoms with E-state index in [1.807, 2.05) is 6.92 Å². The Morgan fingerprint density at radius 3 is 2.23 bits per heavy atom. The molecule has 6 heteroatoms. The van der Waals surface area contributed by atoms with Gasteiger partial charge in [-0.1, -0.05) is 39.3 Å². The Morgan fingerprint density at radius 1 is 0.943 bits per heavy atom. The van der Waals surface area contributed by atoms with Gasteiger partial charge in [-0.3, -0.25) is 9.59 Å². The van der Waals surface area contributed by atoms with Crippen LogP contribution in [0.4, 0.5) is 0 Å². The van der Waals surface area contributed by atoms with E-state index >= 15 is 0 Å². The Labute approximate surface area is 209 Å². The molecule has 0 aliphatic heterocycles. The molecule has 4 saturated carbocycles. The quantitative estimate of drug-likeness (QED) is 0.415. The van der Waals surface area contributed by atoms with Gasteiger partial charge in [0, 0.05) is 0 Å². The summed E-state index contributed by atoms with van der Waals surface area (Å²) < 4.78 is 0. The number of carbonyl (C=O) groups excluding carboxylic acids is 1. The number of carboxylic acids is 1. The van der Waals surface area contributed by atoms with Crippen LogP contribution < -0.4 is 0 Å². The topological polar surface area (TPSA) is 115 Å². The molecule has 6 nitrogen and oxygen atoms in total. The predicted molar refractivity (Wildman–Crippen MR) is 131 cm³/mol. The molecule has 4 N–H and O–H groups in total. The minimum atomic E-state index is -1.45. The molecular weight excluding hydrogens is 444 g/mol. The molecule has 0 unspecified atom stereocenters. The zero-order chi connectivity index (χ0) is 25.9. The van der Waals surface area contributed by atoms with Crippen molar-refractivity contribution in [3.05, 3.63) is 11.6 Å². The van der Waals surface area contributed by atoms with Gasteiger partial charge in [0.2, 0.25) is 0 Å². The van der Waals surface area contributed by atoms with Crippen molar-refractivity contribution in [2.45, 2.75) is 105 Å². The van der Waals surface area contributed by atoms with Crippen molar-refractivity contribution in [2.24, 2.45) is 50.7 Å². The summed E-state index contributed by atoms with van der Waals surface area (Å²) in [5.74, 6) is -1.33. The van der Waals surface area contributed by atoms with Crippen LogP contribution in [0.15, 0.2) is 11.6 Å². The van der Waals surface area contributed by atoms with E-state index in [-0.39, 0.29) is 34.9 Å². The van der Waals surface area contributed by atoms with E-state index in [1.54, 1.807) is 6.92 Å².